The molecule has 0 unspecified atom stereocenters. The first kappa shape index (κ1) is 16.4. The summed E-state index contributed by atoms with van der Waals surface area (Å²) in [5.74, 6) is 0. The van der Waals surface area contributed by atoms with Crippen LogP contribution in [0.1, 0.15) is 43.9 Å². The number of fused-ring (bicyclic) bond motifs is 5. The molecule has 0 saturated carbocycles. The van der Waals surface area contributed by atoms with Crippen LogP contribution >= 0.6 is 0 Å². The van der Waals surface area contributed by atoms with E-state index in [4.69, 9.17) is 4.42 Å². The number of hydrogen-bond donors (Lipinski definition) is 1. The third kappa shape index (κ3) is 2.80. The van der Waals surface area contributed by atoms with Crippen LogP contribution < -0.4 is 5.32 Å². The van der Waals surface area contributed by atoms with Crippen LogP contribution in [0.4, 0.5) is 11.4 Å². The molecule has 1 heterocycles. The predicted molar refractivity (Wildman–Crippen MR) is 114 cm³/mol. The summed E-state index contributed by atoms with van der Waals surface area (Å²) < 4.78 is 6.30. The Morgan fingerprint density at radius 3 is 2.33 bits per heavy atom. The summed E-state index contributed by atoms with van der Waals surface area (Å²) in [6, 6.07) is 19.6. The zero-order valence-electron chi connectivity index (χ0n) is 16.2. The van der Waals surface area contributed by atoms with Gasteiger partial charge < -0.3 is 9.73 Å². The van der Waals surface area contributed by atoms with Gasteiger partial charge >= 0.3 is 0 Å². The van der Waals surface area contributed by atoms with Crippen LogP contribution in [-0.4, -0.2) is 0 Å². The standard InChI is InChI=1S/C25H25NO/c1-25(2,3)17-8-10-18(11-9-17)26-19-12-14-21-22-13-7-16-5-4-6-20(16)24(22)27-23(21)15-19/h7-15,26H,4-6H2,1-3H3. The molecule has 2 heteroatoms. The van der Waals surface area contributed by atoms with Crippen molar-refractivity contribution in [1.29, 1.82) is 0 Å². The molecule has 0 atom stereocenters. The zero-order chi connectivity index (χ0) is 18.6. The lowest BCUT2D eigenvalue weighted by atomic mass is 9.87. The van der Waals surface area contributed by atoms with Crippen molar-refractivity contribution < 1.29 is 4.42 Å². The number of benzene rings is 3. The van der Waals surface area contributed by atoms with Gasteiger partial charge in [-0.25, -0.2) is 0 Å². The minimum atomic E-state index is 0.173. The van der Waals surface area contributed by atoms with E-state index in [0.29, 0.717) is 0 Å². The van der Waals surface area contributed by atoms with Gasteiger partial charge in [0.1, 0.15) is 11.2 Å². The Balaban J connectivity index is 1.50. The molecule has 3 aromatic carbocycles. The van der Waals surface area contributed by atoms with Crippen molar-refractivity contribution in [2.24, 2.45) is 0 Å². The second-order valence-corrected chi connectivity index (χ2v) is 8.70. The first-order valence-electron chi connectivity index (χ1n) is 9.84. The fourth-order valence-electron chi connectivity index (χ4n) is 4.20. The largest absolute Gasteiger partial charge is 0.456 e. The summed E-state index contributed by atoms with van der Waals surface area (Å²) in [4.78, 5) is 0. The van der Waals surface area contributed by atoms with Gasteiger partial charge in [-0.1, -0.05) is 45.0 Å². The maximum Gasteiger partial charge on any atom is 0.138 e. The molecule has 1 aromatic heterocycles. The molecule has 0 fully saturated rings. The van der Waals surface area contributed by atoms with Crippen LogP contribution in [0, 0.1) is 0 Å². The molecule has 1 aliphatic rings. The summed E-state index contributed by atoms with van der Waals surface area (Å²) in [6.45, 7) is 6.71. The number of nitrogens with one attached hydrogen (secondary N) is 1. The topological polar surface area (TPSA) is 25.2 Å². The van der Waals surface area contributed by atoms with Crippen LogP contribution in [0.15, 0.2) is 59.0 Å². The molecule has 27 heavy (non-hydrogen) atoms. The van der Waals surface area contributed by atoms with E-state index in [-0.39, 0.29) is 5.41 Å². The van der Waals surface area contributed by atoms with Crippen molar-refractivity contribution in [3.05, 3.63) is 71.3 Å². The fraction of sp³-hybridized carbons (Fsp3) is 0.280. The lowest BCUT2D eigenvalue weighted by Crippen LogP contribution is -2.10. The van der Waals surface area contributed by atoms with Crippen molar-refractivity contribution in [2.45, 2.75) is 45.4 Å². The van der Waals surface area contributed by atoms with E-state index in [1.54, 1.807) is 0 Å². The Morgan fingerprint density at radius 1 is 0.815 bits per heavy atom. The monoisotopic (exact) mass is 355 g/mol. The summed E-state index contributed by atoms with van der Waals surface area (Å²) in [6.07, 6.45) is 3.56. The van der Waals surface area contributed by atoms with Crippen molar-refractivity contribution in [3.8, 4) is 0 Å². The highest BCUT2D eigenvalue weighted by Crippen LogP contribution is 2.37. The molecule has 0 amide bonds. The average molecular weight is 355 g/mol. The fourth-order valence-corrected chi connectivity index (χ4v) is 4.20. The number of hydrogen-bond acceptors (Lipinski definition) is 2. The van der Waals surface area contributed by atoms with E-state index in [2.05, 4.69) is 80.7 Å². The van der Waals surface area contributed by atoms with Crippen LogP contribution in [0.3, 0.4) is 0 Å². The smallest absolute Gasteiger partial charge is 0.138 e. The number of rotatable bonds is 2. The van der Waals surface area contributed by atoms with Gasteiger partial charge in [0, 0.05) is 28.2 Å². The van der Waals surface area contributed by atoms with Gasteiger partial charge in [0.15, 0.2) is 0 Å². The molecule has 1 aliphatic carbocycles. The van der Waals surface area contributed by atoms with Crippen molar-refractivity contribution in [2.75, 3.05) is 5.32 Å². The second-order valence-electron chi connectivity index (χ2n) is 8.70. The summed E-state index contributed by atoms with van der Waals surface area (Å²) in [7, 11) is 0. The summed E-state index contributed by atoms with van der Waals surface area (Å²) in [5, 5.41) is 5.96. The van der Waals surface area contributed by atoms with Gasteiger partial charge in [-0.2, -0.15) is 0 Å². The lowest BCUT2D eigenvalue weighted by Gasteiger charge is -2.19. The van der Waals surface area contributed by atoms with Crippen molar-refractivity contribution in [3.63, 3.8) is 0 Å². The molecular weight excluding hydrogens is 330 g/mol. The quantitative estimate of drug-likeness (QED) is 0.414. The molecule has 0 aliphatic heterocycles. The van der Waals surface area contributed by atoms with Crippen molar-refractivity contribution in [1.82, 2.24) is 0 Å². The van der Waals surface area contributed by atoms with Crippen LogP contribution in [0.25, 0.3) is 21.9 Å². The van der Waals surface area contributed by atoms with E-state index < -0.39 is 0 Å². The van der Waals surface area contributed by atoms with E-state index in [9.17, 15) is 0 Å². The predicted octanol–water partition coefficient (Wildman–Crippen LogP) is 7.12. The highest BCUT2D eigenvalue weighted by atomic mass is 16.3. The zero-order valence-corrected chi connectivity index (χ0v) is 16.2. The van der Waals surface area contributed by atoms with Crippen LogP contribution in [-0.2, 0) is 18.3 Å². The third-order valence-electron chi connectivity index (χ3n) is 5.75. The Labute approximate surface area is 160 Å². The molecule has 1 N–H and O–H groups in total. The first-order valence-corrected chi connectivity index (χ1v) is 9.84. The van der Waals surface area contributed by atoms with Gasteiger partial charge in [-0.3, -0.25) is 0 Å². The highest BCUT2D eigenvalue weighted by Gasteiger charge is 2.18. The highest BCUT2D eigenvalue weighted by molar-refractivity contribution is 6.07. The Bertz CT molecular complexity index is 1140. The third-order valence-corrected chi connectivity index (χ3v) is 5.75. The van der Waals surface area contributed by atoms with Gasteiger partial charge in [0.2, 0.25) is 0 Å². The summed E-state index contributed by atoms with van der Waals surface area (Å²) >= 11 is 0. The van der Waals surface area contributed by atoms with E-state index >= 15 is 0 Å². The molecule has 4 aromatic rings. The van der Waals surface area contributed by atoms with Gasteiger partial charge in [-0.15, -0.1) is 0 Å². The molecule has 2 nitrogen and oxygen atoms in total. The molecule has 0 saturated heterocycles. The van der Waals surface area contributed by atoms with Gasteiger partial charge in [0.25, 0.3) is 0 Å². The second kappa shape index (κ2) is 5.88. The normalized spacial score (nSPS) is 14.0. The molecule has 136 valence electrons. The average Bonchev–Trinajstić information content (AvgIpc) is 3.24. The minimum Gasteiger partial charge on any atom is -0.456 e. The van der Waals surface area contributed by atoms with E-state index in [1.807, 2.05) is 0 Å². The maximum absolute atomic E-state index is 6.30. The Kier molecular flexibility index (Phi) is 3.58. The number of anilines is 2. The maximum atomic E-state index is 6.30. The molecular formula is C25H25NO. The number of furan rings is 1. The van der Waals surface area contributed by atoms with Crippen LogP contribution in [0.2, 0.25) is 0 Å². The van der Waals surface area contributed by atoms with Gasteiger partial charge in [0.05, 0.1) is 0 Å². The molecule has 0 radical (unpaired) electrons. The van der Waals surface area contributed by atoms with E-state index in [1.165, 1.54) is 40.3 Å². The molecule has 0 bridgehead atoms. The van der Waals surface area contributed by atoms with Crippen LogP contribution in [0.5, 0.6) is 0 Å². The SMILES string of the molecule is CC(C)(C)c1ccc(Nc2ccc3c(c2)oc2c4c(ccc23)CCC4)cc1. The minimum absolute atomic E-state index is 0.173. The summed E-state index contributed by atoms with van der Waals surface area (Å²) in [5.41, 5.74) is 8.59. The lowest BCUT2D eigenvalue weighted by molar-refractivity contribution is 0.590. The Morgan fingerprint density at radius 2 is 1.56 bits per heavy atom. The van der Waals surface area contributed by atoms with E-state index in [0.717, 1.165) is 29.0 Å². The Hall–Kier alpha value is -2.74. The first-order chi connectivity index (χ1) is 13.0. The van der Waals surface area contributed by atoms with Gasteiger partial charge in [-0.05, 0) is 65.6 Å². The molecule has 5 rings (SSSR count). The van der Waals surface area contributed by atoms with Crippen molar-refractivity contribution >= 4 is 33.3 Å². The molecule has 0 spiro atoms. The number of aryl methyl sites for hydroxylation is 2.